The minimum absolute atomic E-state index is 0.126. The minimum atomic E-state index is -0.440. The van der Waals surface area contributed by atoms with E-state index in [2.05, 4.69) is 11.8 Å². The Morgan fingerprint density at radius 2 is 2.36 bits per heavy atom. The van der Waals surface area contributed by atoms with Gasteiger partial charge in [-0.25, -0.2) is 4.39 Å². The van der Waals surface area contributed by atoms with Crippen LogP contribution in [0.3, 0.4) is 0 Å². The second-order valence-corrected chi connectivity index (χ2v) is 3.61. The van der Waals surface area contributed by atoms with Crippen LogP contribution >= 0.6 is 0 Å². The van der Waals surface area contributed by atoms with Crippen molar-refractivity contribution in [3.63, 3.8) is 0 Å². The normalized spacial score (nSPS) is 20.1. The third kappa shape index (κ3) is 1.33. The SMILES string of the molecule is CC1CCN1c1ccc(F)c(C#N)c1. The molecule has 72 valence electrons. The van der Waals surface area contributed by atoms with Gasteiger partial charge in [-0.3, -0.25) is 0 Å². The van der Waals surface area contributed by atoms with E-state index in [-0.39, 0.29) is 5.56 Å². The van der Waals surface area contributed by atoms with Crippen LogP contribution in [0.4, 0.5) is 10.1 Å². The van der Waals surface area contributed by atoms with Crippen molar-refractivity contribution in [2.24, 2.45) is 0 Å². The summed E-state index contributed by atoms with van der Waals surface area (Å²) in [6.07, 6.45) is 1.17. The van der Waals surface area contributed by atoms with Crippen LogP contribution in [0.5, 0.6) is 0 Å². The second kappa shape index (κ2) is 3.30. The Kier molecular flexibility index (Phi) is 2.12. The van der Waals surface area contributed by atoms with Crippen molar-refractivity contribution in [3.8, 4) is 6.07 Å². The highest BCUT2D eigenvalue weighted by molar-refractivity contribution is 5.54. The van der Waals surface area contributed by atoms with Gasteiger partial charge in [-0.05, 0) is 31.5 Å². The zero-order valence-electron chi connectivity index (χ0n) is 8.00. The monoisotopic (exact) mass is 190 g/mol. The summed E-state index contributed by atoms with van der Waals surface area (Å²) in [5, 5.41) is 8.67. The lowest BCUT2D eigenvalue weighted by atomic mass is 10.0. The van der Waals surface area contributed by atoms with Crippen LogP contribution in [0, 0.1) is 17.1 Å². The molecule has 0 radical (unpaired) electrons. The number of hydrogen-bond donors (Lipinski definition) is 0. The Morgan fingerprint density at radius 1 is 1.57 bits per heavy atom. The molecule has 1 unspecified atom stereocenters. The largest absolute Gasteiger partial charge is 0.369 e. The first-order valence-corrected chi connectivity index (χ1v) is 4.68. The molecule has 0 saturated carbocycles. The molecule has 1 aromatic rings. The summed E-state index contributed by atoms with van der Waals surface area (Å²) < 4.78 is 13.0. The Labute approximate surface area is 82.6 Å². The molecule has 1 saturated heterocycles. The molecule has 0 aliphatic carbocycles. The molecule has 1 aromatic carbocycles. The van der Waals surface area contributed by atoms with E-state index in [9.17, 15) is 4.39 Å². The zero-order chi connectivity index (χ0) is 10.1. The van der Waals surface area contributed by atoms with Crippen molar-refractivity contribution in [2.45, 2.75) is 19.4 Å². The summed E-state index contributed by atoms with van der Waals surface area (Å²) in [6.45, 7) is 3.12. The van der Waals surface area contributed by atoms with Gasteiger partial charge in [-0.1, -0.05) is 0 Å². The molecule has 0 bridgehead atoms. The zero-order valence-corrected chi connectivity index (χ0v) is 8.00. The molecule has 2 nitrogen and oxygen atoms in total. The summed E-state index contributed by atoms with van der Waals surface area (Å²) in [4.78, 5) is 2.17. The summed E-state index contributed by atoms with van der Waals surface area (Å²) >= 11 is 0. The fraction of sp³-hybridized carbons (Fsp3) is 0.364. The maximum Gasteiger partial charge on any atom is 0.141 e. The van der Waals surface area contributed by atoms with Crippen molar-refractivity contribution in [2.75, 3.05) is 11.4 Å². The van der Waals surface area contributed by atoms with E-state index < -0.39 is 5.82 Å². The van der Waals surface area contributed by atoms with Crippen molar-refractivity contribution in [3.05, 3.63) is 29.6 Å². The maximum absolute atomic E-state index is 13.0. The standard InChI is InChI=1S/C11H11FN2/c1-8-4-5-14(8)10-2-3-11(12)9(6-10)7-13/h2-3,6,8H,4-5H2,1H3. The van der Waals surface area contributed by atoms with Gasteiger partial charge in [-0.15, -0.1) is 0 Å². The third-order valence-electron chi connectivity index (χ3n) is 2.72. The first-order chi connectivity index (χ1) is 6.72. The highest BCUT2D eigenvalue weighted by Crippen LogP contribution is 2.27. The molecular formula is C11H11FN2. The number of halogens is 1. The van der Waals surface area contributed by atoms with Gasteiger partial charge in [0.25, 0.3) is 0 Å². The molecule has 1 aliphatic rings. The molecule has 2 rings (SSSR count). The number of anilines is 1. The molecule has 0 amide bonds. The van der Waals surface area contributed by atoms with E-state index in [0.29, 0.717) is 6.04 Å². The van der Waals surface area contributed by atoms with E-state index in [1.807, 2.05) is 6.07 Å². The van der Waals surface area contributed by atoms with Crippen molar-refractivity contribution in [1.82, 2.24) is 0 Å². The molecule has 1 aliphatic heterocycles. The number of nitriles is 1. The first-order valence-electron chi connectivity index (χ1n) is 4.68. The summed E-state index contributed by atoms with van der Waals surface area (Å²) in [5.41, 5.74) is 1.07. The fourth-order valence-corrected chi connectivity index (χ4v) is 1.68. The average molecular weight is 190 g/mol. The van der Waals surface area contributed by atoms with E-state index >= 15 is 0 Å². The Balaban J connectivity index is 2.32. The lowest BCUT2D eigenvalue weighted by Crippen LogP contribution is -2.45. The number of rotatable bonds is 1. The predicted molar refractivity (Wildman–Crippen MR) is 52.5 cm³/mol. The smallest absolute Gasteiger partial charge is 0.141 e. The van der Waals surface area contributed by atoms with Crippen LogP contribution in [0.25, 0.3) is 0 Å². The van der Waals surface area contributed by atoms with Gasteiger partial charge in [0.1, 0.15) is 11.9 Å². The lowest BCUT2D eigenvalue weighted by molar-refractivity contribution is 0.481. The van der Waals surface area contributed by atoms with Crippen molar-refractivity contribution < 1.29 is 4.39 Å². The van der Waals surface area contributed by atoms with Gasteiger partial charge < -0.3 is 4.90 Å². The van der Waals surface area contributed by atoms with Crippen LogP contribution in [0.2, 0.25) is 0 Å². The first kappa shape index (κ1) is 9.01. The van der Waals surface area contributed by atoms with Gasteiger partial charge in [-0.2, -0.15) is 5.26 Å². The number of hydrogen-bond acceptors (Lipinski definition) is 2. The predicted octanol–water partition coefficient (Wildman–Crippen LogP) is 2.30. The number of benzene rings is 1. The van der Waals surface area contributed by atoms with Crippen LogP contribution in [0.1, 0.15) is 18.9 Å². The van der Waals surface area contributed by atoms with Crippen LogP contribution in [-0.4, -0.2) is 12.6 Å². The Bertz CT molecular complexity index is 395. The Morgan fingerprint density at radius 3 is 2.86 bits per heavy atom. The van der Waals surface area contributed by atoms with Gasteiger partial charge >= 0.3 is 0 Å². The van der Waals surface area contributed by atoms with Gasteiger partial charge in [0, 0.05) is 18.3 Å². The maximum atomic E-state index is 13.0. The topological polar surface area (TPSA) is 27.0 Å². The molecule has 3 heteroatoms. The van der Waals surface area contributed by atoms with Gasteiger partial charge in [0.05, 0.1) is 5.56 Å². The van der Waals surface area contributed by atoms with Crippen LogP contribution < -0.4 is 4.90 Å². The quantitative estimate of drug-likeness (QED) is 0.679. The molecule has 1 fully saturated rings. The van der Waals surface area contributed by atoms with E-state index in [1.54, 1.807) is 12.1 Å². The van der Waals surface area contributed by atoms with Gasteiger partial charge in [0.2, 0.25) is 0 Å². The molecule has 0 aromatic heterocycles. The van der Waals surface area contributed by atoms with E-state index in [0.717, 1.165) is 12.2 Å². The third-order valence-corrected chi connectivity index (χ3v) is 2.72. The highest BCUT2D eigenvalue weighted by atomic mass is 19.1. The van der Waals surface area contributed by atoms with Gasteiger partial charge in [0.15, 0.2) is 0 Å². The van der Waals surface area contributed by atoms with Crippen LogP contribution in [-0.2, 0) is 0 Å². The molecule has 14 heavy (non-hydrogen) atoms. The minimum Gasteiger partial charge on any atom is -0.369 e. The lowest BCUT2D eigenvalue weighted by Gasteiger charge is -2.40. The molecular weight excluding hydrogens is 179 g/mol. The fourth-order valence-electron chi connectivity index (χ4n) is 1.68. The summed E-state index contributed by atoms with van der Waals surface area (Å²) in [7, 11) is 0. The molecule has 1 atom stereocenters. The van der Waals surface area contributed by atoms with Crippen molar-refractivity contribution in [1.29, 1.82) is 5.26 Å². The number of nitrogens with zero attached hydrogens (tertiary/aromatic N) is 2. The van der Waals surface area contributed by atoms with Crippen LogP contribution in [0.15, 0.2) is 18.2 Å². The second-order valence-electron chi connectivity index (χ2n) is 3.61. The van der Waals surface area contributed by atoms with Crippen molar-refractivity contribution >= 4 is 5.69 Å². The van der Waals surface area contributed by atoms with E-state index in [4.69, 9.17) is 5.26 Å². The molecule has 1 heterocycles. The summed E-state index contributed by atoms with van der Waals surface area (Å²) in [6, 6.07) is 7.06. The van der Waals surface area contributed by atoms with E-state index in [1.165, 1.54) is 12.5 Å². The summed E-state index contributed by atoms with van der Waals surface area (Å²) in [5.74, 6) is -0.440. The highest BCUT2D eigenvalue weighted by Gasteiger charge is 2.23. The Hall–Kier alpha value is -1.56. The average Bonchev–Trinajstić information content (AvgIpc) is 2.18. The molecule has 0 spiro atoms. The molecule has 0 N–H and O–H groups in total.